The lowest BCUT2D eigenvalue weighted by atomic mass is 10.2. The van der Waals surface area contributed by atoms with Gasteiger partial charge in [-0.1, -0.05) is 6.92 Å². The molecule has 0 spiro atoms. The van der Waals surface area contributed by atoms with Gasteiger partial charge in [0, 0.05) is 44.8 Å². The predicted octanol–water partition coefficient (Wildman–Crippen LogP) is 2.54. The van der Waals surface area contributed by atoms with Gasteiger partial charge in [-0.25, -0.2) is 4.98 Å². The quantitative estimate of drug-likeness (QED) is 0.876. The summed E-state index contributed by atoms with van der Waals surface area (Å²) < 4.78 is 2.28. The molecule has 6 nitrogen and oxygen atoms in total. The van der Waals surface area contributed by atoms with Crippen molar-refractivity contribution in [1.82, 2.24) is 19.4 Å². The maximum absolute atomic E-state index is 11.8. The van der Waals surface area contributed by atoms with Gasteiger partial charge in [0.2, 0.25) is 5.91 Å². The van der Waals surface area contributed by atoms with Gasteiger partial charge in [0.05, 0.1) is 17.6 Å². The van der Waals surface area contributed by atoms with E-state index >= 15 is 0 Å². The lowest BCUT2D eigenvalue weighted by Crippen LogP contribution is -2.44. The summed E-state index contributed by atoms with van der Waals surface area (Å²) in [5.41, 5.74) is 2.93. The minimum absolute atomic E-state index is 0.0643. The Morgan fingerprint density at radius 2 is 1.96 bits per heavy atom. The second kappa shape index (κ2) is 7.97. The zero-order chi connectivity index (χ0) is 17.8. The van der Waals surface area contributed by atoms with Crippen molar-refractivity contribution >= 4 is 22.6 Å². The topological polar surface area (TPSA) is 53.4 Å². The Morgan fingerprint density at radius 3 is 2.64 bits per heavy atom. The number of benzene rings is 1. The molecule has 1 aromatic heterocycles. The van der Waals surface area contributed by atoms with Gasteiger partial charge in [0.1, 0.15) is 5.82 Å². The second-order valence-corrected chi connectivity index (χ2v) is 6.85. The van der Waals surface area contributed by atoms with E-state index in [0.29, 0.717) is 6.42 Å². The van der Waals surface area contributed by atoms with Gasteiger partial charge < -0.3 is 14.8 Å². The zero-order valence-corrected chi connectivity index (χ0v) is 15.6. The fraction of sp³-hybridized carbons (Fsp3) is 0.579. The van der Waals surface area contributed by atoms with Crippen LogP contribution in [0.5, 0.6) is 0 Å². The van der Waals surface area contributed by atoms with E-state index in [-0.39, 0.29) is 5.91 Å². The van der Waals surface area contributed by atoms with Gasteiger partial charge in [-0.2, -0.15) is 0 Å². The molecular weight excluding hydrogens is 314 g/mol. The van der Waals surface area contributed by atoms with Crippen molar-refractivity contribution in [3.05, 3.63) is 24.0 Å². The van der Waals surface area contributed by atoms with E-state index in [1.54, 1.807) is 0 Å². The number of carbonyl (C=O) groups excluding carboxylic acids is 1. The number of carbonyl (C=O) groups is 1. The molecular formula is C19H29N5O. The van der Waals surface area contributed by atoms with Crippen LogP contribution in [-0.2, 0) is 17.9 Å². The number of likely N-dealkylation sites (N-methyl/N-ethyl adjacent to an activating group) is 1. The second-order valence-electron chi connectivity index (χ2n) is 6.85. The van der Waals surface area contributed by atoms with Crippen molar-refractivity contribution in [2.24, 2.45) is 0 Å². The van der Waals surface area contributed by atoms with E-state index in [0.717, 1.165) is 68.2 Å². The monoisotopic (exact) mass is 343 g/mol. The molecule has 136 valence electrons. The van der Waals surface area contributed by atoms with E-state index in [4.69, 9.17) is 4.98 Å². The maximum atomic E-state index is 11.8. The highest BCUT2D eigenvalue weighted by Crippen LogP contribution is 2.22. The number of imidazole rings is 1. The molecule has 0 radical (unpaired) electrons. The molecule has 1 saturated heterocycles. The number of aryl methyl sites for hydroxylation is 1. The van der Waals surface area contributed by atoms with Crippen molar-refractivity contribution in [1.29, 1.82) is 0 Å². The minimum atomic E-state index is 0.0643. The van der Waals surface area contributed by atoms with Crippen LogP contribution in [0.4, 0.5) is 5.69 Å². The summed E-state index contributed by atoms with van der Waals surface area (Å²) in [4.78, 5) is 21.5. The number of fused-ring (bicyclic) bond motifs is 1. The first-order valence-corrected chi connectivity index (χ1v) is 9.30. The summed E-state index contributed by atoms with van der Waals surface area (Å²) in [6.07, 6.45) is 1.41. The van der Waals surface area contributed by atoms with Crippen molar-refractivity contribution in [3.63, 3.8) is 0 Å². The van der Waals surface area contributed by atoms with Gasteiger partial charge in [0.25, 0.3) is 0 Å². The molecule has 25 heavy (non-hydrogen) atoms. The number of amides is 1. The number of hydrogen-bond donors (Lipinski definition) is 1. The van der Waals surface area contributed by atoms with Crippen LogP contribution in [0.3, 0.4) is 0 Å². The molecule has 1 aromatic carbocycles. The number of piperazine rings is 1. The number of hydrogen-bond acceptors (Lipinski definition) is 4. The largest absolute Gasteiger partial charge is 0.327 e. The fourth-order valence-electron chi connectivity index (χ4n) is 3.39. The highest BCUT2D eigenvalue weighted by molar-refractivity contribution is 5.93. The molecule has 1 N–H and O–H groups in total. The Labute approximate surface area is 149 Å². The summed E-state index contributed by atoms with van der Waals surface area (Å²) in [7, 11) is 2.17. The third-order valence-electron chi connectivity index (χ3n) is 4.87. The third kappa shape index (κ3) is 4.19. The van der Waals surface area contributed by atoms with Crippen LogP contribution in [0.15, 0.2) is 18.2 Å². The lowest BCUT2D eigenvalue weighted by Gasteiger charge is -2.32. The molecule has 2 aromatic rings. The first-order valence-electron chi connectivity index (χ1n) is 9.30. The molecule has 0 bridgehead atoms. The van der Waals surface area contributed by atoms with Crippen molar-refractivity contribution in [2.45, 2.75) is 39.8 Å². The smallest absolute Gasteiger partial charge is 0.224 e. The Bertz CT molecular complexity index is 731. The minimum Gasteiger partial charge on any atom is -0.327 e. The van der Waals surface area contributed by atoms with Gasteiger partial charge in [0.15, 0.2) is 0 Å². The number of nitrogens with one attached hydrogen (secondary N) is 1. The number of rotatable bonds is 6. The fourth-order valence-corrected chi connectivity index (χ4v) is 3.39. The highest BCUT2D eigenvalue weighted by Gasteiger charge is 2.18. The van der Waals surface area contributed by atoms with Crippen molar-refractivity contribution < 1.29 is 4.79 Å². The average molecular weight is 343 g/mol. The molecule has 1 amide bonds. The van der Waals surface area contributed by atoms with Crippen LogP contribution < -0.4 is 5.32 Å². The summed E-state index contributed by atoms with van der Waals surface area (Å²) in [6, 6.07) is 6.03. The molecule has 0 saturated carbocycles. The Hall–Kier alpha value is -1.92. The van der Waals surface area contributed by atoms with E-state index in [2.05, 4.69) is 39.7 Å². The van der Waals surface area contributed by atoms with Crippen LogP contribution >= 0.6 is 0 Å². The van der Waals surface area contributed by atoms with Crippen molar-refractivity contribution in [3.8, 4) is 0 Å². The van der Waals surface area contributed by atoms with Gasteiger partial charge in [-0.15, -0.1) is 0 Å². The molecule has 0 atom stereocenters. The standard InChI is InChI=1S/C19H29N5O/c1-4-6-19(25)20-15-7-8-17-16(13-15)21-18(24(17)5-2)14-23-11-9-22(3)10-12-23/h7-8,13H,4-6,9-12,14H2,1-3H3,(H,20,25). The molecule has 1 aliphatic heterocycles. The zero-order valence-electron chi connectivity index (χ0n) is 15.6. The maximum Gasteiger partial charge on any atom is 0.224 e. The molecule has 2 heterocycles. The Balaban J connectivity index is 1.80. The van der Waals surface area contributed by atoms with E-state index in [1.807, 2.05) is 19.1 Å². The molecule has 3 rings (SSSR count). The first-order chi connectivity index (χ1) is 12.1. The van der Waals surface area contributed by atoms with Crippen LogP contribution in [0.2, 0.25) is 0 Å². The van der Waals surface area contributed by atoms with Crippen LogP contribution in [0.1, 0.15) is 32.5 Å². The Kier molecular flexibility index (Phi) is 5.71. The predicted molar refractivity (Wildman–Crippen MR) is 102 cm³/mol. The summed E-state index contributed by atoms with van der Waals surface area (Å²) in [5, 5.41) is 2.96. The van der Waals surface area contributed by atoms with E-state index in [1.165, 1.54) is 0 Å². The lowest BCUT2D eigenvalue weighted by molar-refractivity contribution is -0.116. The summed E-state index contributed by atoms with van der Waals surface area (Å²) >= 11 is 0. The highest BCUT2D eigenvalue weighted by atomic mass is 16.1. The third-order valence-corrected chi connectivity index (χ3v) is 4.87. The summed E-state index contributed by atoms with van der Waals surface area (Å²) in [6.45, 7) is 10.3. The molecule has 0 unspecified atom stereocenters. The van der Waals surface area contributed by atoms with Crippen LogP contribution in [-0.4, -0.2) is 58.5 Å². The van der Waals surface area contributed by atoms with Crippen LogP contribution in [0.25, 0.3) is 11.0 Å². The van der Waals surface area contributed by atoms with Crippen molar-refractivity contribution in [2.75, 3.05) is 38.5 Å². The van der Waals surface area contributed by atoms with Crippen LogP contribution in [0, 0.1) is 0 Å². The number of aromatic nitrogens is 2. The normalized spacial score (nSPS) is 16.4. The van der Waals surface area contributed by atoms with E-state index in [9.17, 15) is 4.79 Å². The van der Waals surface area contributed by atoms with Gasteiger partial charge in [-0.05, 0) is 38.6 Å². The first kappa shape index (κ1) is 17.9. The molecule has 0 aliphatic carbocycles. The molecule has 1 fully saturated rings. The number of nitrogens with zero attached hydrogens (tertiary/aromatic N) is 4. The summed E-state index contributed by atoms with van der Waals surface area (Å²) in [5.74, 6) is 1.17. The van der Waals surface area contributed by atoms with Gasteiger partial charge in [-0.3, -0.25) is 9.69 Å². The SMILES string of the molecule is CCCC(=O)Nc1ccc2c(c1)nc(CN1CCN(C)CC1)n2CC. The number of anilines is 1. The van der Waals surface area contributed by atoms with Gasteiger partial charge >= 0.3 is 0 Å². The average Bonchev–Trinajstić information content (AvgIpc) is 2.93. The molecule has 1 aliphatic rings. The molecule has 6 heteroatoms. The Morgan fingerprint density at radius 1 is 1.20 bits per heavy atom. The van der Waals surface area contributed by atoms with E-state index < -0.39 is 0 Å².